The number of pyridine rings is 2. The summed E-state index contributed by atoms with van der Waals surface area (Å²) >= 11 is 0. The third-order valence-electron chi connectivity index (χ3n) is 5.17. The van der Waals surface area contributed by atoms with Crippen LogP contribution in [-0.4, -0.2) is 27.4 Å². The maximum atomic E-state index is 12.9. The van der Waals surface area contributed by atoms with Gasteiger partial charge in [-0.3, -0.25) is 9.78 Å². The summed E-state index contributed by atoms with van der Waals surface area (Å²) in [6.45, 7) is 2.48. The Morgan fingerprint density at radius 2 is 2.03 bits per heavy atom. The number of methoxy groups -OCH3 is 1. The van der Waals surface area contributed by atoms with Crippen LogP contribution in [0, 0.1) is 6.92 Å². The van der Waals surface area contributed by atoms with Crippen LogP contribution in [0.4, 0.5) is 0 Å². The van der Waals surface area contributed by atoms with Gasteiger partial charge in [-0.05, 0) is 42.3 Å². The number of para-hydroxylation sites is 1. The molecule has 0 fully saturated rings. The number of fused-ring (bicyclic) bond motifs is 1. The Hall–Kier alpha value is -3.67. The molecule has 0 saturated heterocycles. The van der Waals surface area contributed by atoms with E-state index in [0.29, 0.717) is 6.54 Å². The topological polar surface area (TPSA) is 68.5 Å². The molecule has 3 heterocycles. The average Bonchev–Trinajstić information content (AvgIpc) is 3.19. The molecule has 1 atom stereocenters. The normalized spacial score (nSPS) is 11.9. The van der Waals surface area contributed by atoms with Crippen molar-refractivity contribution in [1.82, 2.24) is 19.7 Å². The van der Waals surface area contributed by atoms with Crippen molar-refractivity contribution in [3.05, 3.63) is 95.7 Å². The number of imidazole rings is 1. The van der Waals surface area contributed by atoms with E-state index < -0.39 is 0 Å². The van der Waals surface area contributed by atoms with Gasteiger partial charge in [0.25, 0.3) is 0 Å². The van der Waals surface area contributed by atoms with E-state index in [1.54, 1.807) is 19.5 Å². The molecule has 1 aromatic carbocycles. The fourth-order valence-electron chi connectivity index (χ4n) is 3.65. The summed E-state index contributed by atoms with van der Waals surface area (Å²) in [5.41, 5.74) is 4.87. The van der Waals surface area contributed by atoms with Crippen molar-refractivity contribution >= 4 is 11.6 Å². The highest BCUT2D eigenvalue weighted by Gasteiger charge is 2.24. The van der Waals surface area contributed by atoms with Crippen LogP contribution in [0.3, 0.4) is 0 Å². The molecule has 0 aliphatic carbocycles. The first-order valence-electron chi connectivity index (χ1n) is 9.88. The minimum Gasteiger partial charge on any atom is -0.496 e. The minimum atomic E-state index is -0.201. The van der Waals surface area contributed by atoms with Crippen molar-refractivity contribution in [2.24, 2.45) is 0 Å². The van der Waals surface area contributed by atoms with Gasteiger partial charge in [0.15, 0.2) is 0 Å². The molecule has 6 heteroatoms. The molecular formula is C24H24N4O2. The number of nitrogens with zero attached hydrogens (tertiary/aromatic N) is 3. The SMILES string of the molecule is COc1ccccc1C(CC(=O)NCc1cccnc1)c1cnc2cc(C)ccn12. The molecule has 3 aromatic heterocycles. The van der Waals surface area contributed by atoms with Crippen LogP contribution >= 0.6 is 0 Å². The molecule has 0 saturated carbocycles. The van der Waals surface area contributed by atoms with Gasteiger partial charge < -0.3 is 14.5 Å². The maximum absolute atomic E-state index is 12.9. The number of benzene rings is 1. The number of ether oxygens (including phenoxy) is 1. The van der Waals surface area contributed by atoms with Gasteiger partial charge in [0.1, 0.15) is 11.4 Å². The molecule has 0 radical (unpaired) electrons. The lowest BCUT2D eigenvalue weighted by Gasteiger charge is -2.20. The predicted molar refractivity (Wildman–Crippen MR) is 115 cm³/mol. The van der Waals surface area contributed by atoms with E-state index in [9.17, 15) is 4.79 Å². The highest BCUT2D eigenvalue weighted by molar-refractivity contribution is 5.77. The number of hydrogen-bond donors (Lipinski definition) is 1. The summed E-state index contributed by atoms with van der Waals surface area (Å²) in [6.07, 6.45) is 7.60. The Labute approximate surface area is 175 Å². The quantitative estimate of drug-likeness (QED) is 0.511. The Balaban J connectivity index is 1.66. The molecule has 0 spiro atoms. The minimum absolute atomic E-state index is 0.0446. The van der Waals surface area contributed by atoms with Gasteiger partial charge in [0.2, 0.25) is 5.91 Å². The second-order valence-corrected chi connectivity index (χ2v) is 7.25. The Kier molecular flexibility index (Phi) is 5.75. The van der Waals surface area contributed by atoms with E-state index in [1.165, 1.54) is 0 Å². The van der Waals surface area contributed by atoms with E-state index in [-0.39, 0.29) is 18.2 Å². The van der Waals surface area contributed by atoms with Crippen LogP contribution in [0.15, 0.2) is 73.3 Å². The van der Waals surface area contributed by atoms with Gasteiger partial charge in [-0.1, -0.05) is 24.3 Å². The third kappa shape index (κ3) is 4.17. The highest BCUT2D eigenvalue weighted by atomic mass is 16.5. The second-order valence-electron chi connectivity index (χ2n) is 7.25. The lowest BCUT2D eigenvalue weighted by atomic mass is 9.91. The van der Waals surface area contributed by atoms with Crippen LogP contribution in [0.5, 0.6) is 5.75 Å². The van der Waals surface area contributed by atoms with Crippen molar-refractivity contribution in [2.75, 3.05) is 7.11 Å². The number of amides is 1. The average molecular weight is 400 g/mol. The van der Waals surface area contributed by atoms with Crippen molar-refractivity contribution in [2.45, 2.75) is 25.8 Å². The molecule has 0 bridgehead atoms. The number of aromatic nitrogens is 3. The van der Waals surface area contributed by atoms with Crippen LogP contribution in [-0.2, 0) is 11.3 Å². The van der Waals surface area contributed by atoms with Crippen LogP contribution in [0.1, 0.15) is 34.7 Å². The fourth-order valence-corrected chi connectivity index (χ4v) is 3.65. The summed E-state index contributed by atoms with van der Waals surface area (Å²) in [7, 11) is 1.65. The number of carbonyl (C=O) groups is 1. The summed E-state index contributed by atoms with van der Waals surface area (Å²) in [5, 5.41) is 3.01. The van der Waals surface area contributed by atoms with Crippen molar-refractivity contribution in [1.29, 1.82) is 0 Å². The summed E-state index contributed by atoms with van der Waals surface area (Å²) in [6, 6.07) is 15.7. The number of rotatable bonds is 7. The van der Waals surface area contributed by atoms with E-state index in [0.717, 1.165) is 33.8 Å². The van der Waals surface area contributed by atoms with E-state index in [1.807, 2.05) is 72.2 Å². The molecule has 1 N–H and O–H groups in total. The lowest BCUT2D eigenvalue weighted by molar-refractivity contribution is -0.121. The Morgan fingerprint density at radius 1 is 1.17 bits per heavy atom. The first kappa shape index (κ1) is 19.6. The smallest absolute Gasteiger partial charge is 0.221 e. The number of carbonyl (C=O) groups excluding carboxylic acids is 1. The van der Waals surface area contributed by atoms with Gasteiger partial charge in [0, 0.05) is 49.2 Å². The summed E-state index contributed by atoms with van der Waals surface area (Å²) in [5.74, 6) is 0.509. The molecule has 1 unspecified atom stereocenters. The molecule has 0 aliphatic heterocycles. The molecule has 0 aliphatic rings. The van der Waals surface area contributed by atoms with Gasteiger partial charge >= 0.3 is 0 Å². The molecule has 152 valence electrons. The fraction of sp³-hybridized carbons (Fsp3) is 0.208. The Bertz CT molecular complexity index is 1150. The highest BCUT2D eigenvalue weighted by Crippen LogP contribution is 2.34. The Morgan fingerprint density at radius 3 is 2.83 bits per heavy atom. The summed E-state index contributed by atoms with van der Waals surface area (Å²) in [4.78, 5) is 21.5. The van der Waals surface area contributed by atoms with E-state index in [4.69, 9.17) is 4.74 Å². The zero-order chi connectivity index (χ0) is 20.9. The van der Waals surface area contributed by atoms with Crippen molar-refractivity contribution < 1.29 is 9.53 Å². The molecule has 4 aromatic rings. The molecule has 4 rings (SSSR count). The van der Waals surface area contributed by atoms with Gasteiger partial charge in [-0.15, -0.1) is 0 Å². The largest absolute Gasteiger partial charge is 0.496 e. The van der Waals surface area contributed by atoms with Gasteiger partial charge in [0.05, 0.1) is 12.8 Å². The zero-order valence-corrected chi connectivity index (χ0v) is 17.1. The van der Waals surface area contributed by atoms with E-state index in [2.05, 4.69) is 15.3 Å². The van der Waals surface area contributed by atoms with Crippen molar-refractivity contribution in [3.8, 4) is 5.75 Å². The van der Waals surface area contributed by atoms with Gasteiger partial charge in [-0.25, -0.2) is 4.98 Å². The first-order valence-corrected chi connectivity index (χ1v) is 9.88. The monoisotopic (exact) mass is 400 g/mol. The summed E-state index contributed by atoms with van der Waals surface area (Å²) < 4.78 is 7.64. The van der Waals surface area contributed by atoms with Crippen LogP contribution in [0.2, 0.25) is 0 Å². The van der Waals surface area contributed by atoms with E-state index >= 15 is 0 Å². The first-order chi connectivity index (χ1) is 14.7. The van der Waals surface area contributed by atoms with Crippen LogP contribution < -0.4 is 10.1 Å². The zero-order valence-electron chi connectivity index (χ0n) is 17.1. The standard InChI is InChI=1S/C24H24N4O2/c1-17-9-11-28-21(16-26-23(28)12-17)20(19-7-3-4-8-22(19)30-2)13-24(29)27-15-18-6-5-10-25-14-18/h3-12,14,16,20H,13,15H2,1-2H3,(H,27,29). The molecule has 1 amide bonds. The molecule has 30 heavy (non-hydrogen) atoms. The lowest BCUT2D eigenvalue weighted by Crippen LogP contribution is -2.25. The van der Waals surface area contributed by atoms with Crippen LogP contribution in [0.25, 0.3) is 5.65 Å². The number of hydrogen-bond acceptors (Lipinski definition) is 4. The second kappa shape index (κ2) is 8.78. The number of nitrogens with one attached hydrogen (secondary N) is 1. The predicted octanol–water partition coefficient (Wildman–Crippen LogP) is 3.88. The maximum Gasteiger partial charge on any atom is 0.221 e. The molecule has 6 nitrogen and oxygen atoms in total. The van der Waals surface area contributed by atoms with Crippen molar-refractivity contribution in [3.63, 3.8) is 0 Å². The third-order valence-corrected chi connectivity index (χ3v) is 5.17. The number of aryl methyl sites for hydroxylation is 1. The van der Waals surface area contributed by atoms with Gasteiger partial charge in [-0.2, -0.15) is 0 Å². The molecular weight excluding hydrogens is 376 g/mol.